The number of anilines is 1. The molecule has 0 aliphatic heterocycles. The molecule has 162 valence electrons. The molecule has 30 heavy (non-hydrogen) atoms. The van der Waals surface area contributed by atoms with E-state index in [0.29, 0.717) is 10.0 Å². The van der Waals surface area contributed by atoms with Gasteiger partial charge in [-0.05, 0) is 37.1 Å². The Bertz CT molecular complexity index is 928. The monoisotopic (exact) mass is 473 g/mol. The predicted octanol–water partition coefficient (Wildman–Crippen LogP) is 4.92. The minimum Gasteiger partial charge on any atom is -0.480 e. The van der Waals surface area contributed by atoms with E-state index in [1.165, 1.54) is 23.5 Å². The lowest BCUT2D eigenvalue weighted by Crippen LogP contribution is -2.24. The molecule has 0 fully saturated rings. The Morgan fingerprint density at radius 1 is 1.10 bits per heavy atom. The summed E-state index contributed by atoms with van der Waals surface area (Å²) in [6, 6.07) is 6.25. The van der Waals surface area contributed by atoms with E-state index in [9.17, 15) is 14.4 Å². The lowest BCUT2D eigenvalue weighted by molar-refractivity contribution is -0.149. The van der Waals surface area contributed by atoms with Crippen LogP contribution in [0.4, 0.5) is 5.00 Å². The molecule has 0 unspecified atom stereocenters. The molecule has 0 aliphatic carbocycles. The van der Waals surface area contributed by atoms with Crippen molar-refractivity contribution in [3.63, 3.8) is 0 Å². The van der Waals surface area contributed by atoms with Crippen LogP contribution < -0.4 is 10.1 Å². The van der Waals surface area contributed by atoms with E-state index in [-0.39, 0.29) is 28.9 Å². The number of amides is 1. The van der Waals surface area contributed by atoms with Crippen molar-refractivity contribution in [2.45, 2.75) is 26.7 Å². The van der Waals surface area contributed by atoms with Crippen LogP contribution in [0.1, 0.15) is 41.9 Å². The molecule has 1 aromatic heterocycles. The molecule has 1 N–H and O–H groups in total. The zero-order valence-electron chi connectivity index (χ0n) is 16.6. The van der Waals surface area contributed by atoms with Crippen LogP contribution in [-0.2, 0) is 19.1 Å². The third-order valence-corrected chi connectivity index (χ3v) is 5.55. The van der Waals surface area contributed by atoms with Gasteiger partial charge >= 0.3 is 11.9 Å². The highest BCUT2D eigenvalue weighted by Crippen LogP contribution is 2.33. The molecule has 7 nitrogen and oxygen atoms in total. The van der Waals surface area contributed by atoms with Gasteiger partial charge in [-0.15, -0.1) is 11.3 Å². The van der Waals surface area contributed by atoms with Crippen LogP contribution in [0, 0.1) is 0 Å². The van der Waals surface area contributed by atoms with Crippen LogP contribution in [0.25, 0.3) is 0 Å². The van der Waals surface area contributed by atoms with E-state index >= 15 is 0 Å². The quantitative estimate of drug-likeness (QED) is 0.519. The minimum absolute atomic E-state index is 0.170. The number of nitrogens with one attached hydrogen (secondary N) is 1. The standard InChI is InChI=1S/C20H21Cl2NO6S/c1-4-27-20(26)13-8-16(11(2)3)30-19(13)23-17(24)9-29-18(25)10-28-15-6-5-12(21)7-14(15)22/h5-8,11H,4,9-10H2,1-3H3,(H,23,24). The largest absolute Gasteiger partial charge is 0.480 e. The first kappa shape index (κ1) is 24.0. The van der Waals surface area contributed by atoms with Gasteiger partial charge in [0.25, 0.3) is 5.91 Å². The number of hydrogen-bond acceptors (Lipinski definition) is 7. The van der Waals surface area contributed by atoms with Gasteiger partial charge in [0.05, 0.1) is 17.2 Å². The van der Waals surface area contributed by atoms with Gasteiger partial charge in [0.1, 0.15) is 10.8 Å². The molecular formula is C20H21Cl2NO6S. The van der Waals surface area contributed by atoms with E-state index in [1.807, 2.05) is 13.8 Å². The van der Waals surface area contributed by atoms with Gasteiger partial charge in [-0.3, -0.25) is 4.79 Å². The van der Waals surface area contributed by atoms with Crippen LogP contribution in [0.15, 0.2) is 24.3 Å². The van der Waals surface area contributed by atoms with Crippen molar-refractivity contribution in [2.24, 2.45) is 0 Å². The zero-order valence-corrected chi connectivity index (χ0v) is 19.0. The van der Waals surface area contributed by atoms with Gasteiger partial charge in [0.2, 0.25) is 0 Å². The van der Waals surface area contributed by atoms with Crippen molar-refractivity contribution < 1.29 is 28.6 Å². The predicted molar refractivity (Wildman–Crippen MR) is 116 cm³/mol. The molecular weight excluding hydrogens is 453 g/mol. The van der Waals surface area contributed by atoms with Crippen LogP contribution in [0.5, 0.6) is 5.75 Å². The third kappa shape index (κ3) is 6.90. The zero-order chi connectivity index (χ0) is 22.3. The lowest BCUT2D eigenvalue weighted by atomic mass is 10.1. The van der Waals surface area contributed by atoms with Crippen LogP contribution in [0.3, 0.4) is 0 Å². The second-order valence-corrected chi connectivity index (χ2v) is 8.27. The summed E-state index contributed by atoms with van der Waals surface area (Å²) in [6.45, 7) is 4.90. The number of rotatable bonds is 9. The minimum atomic E-state index is -0.754. The number of carbonyl (C=O) groups is 3. The average molecular weight is 474 g/mol. The topological polar surface area (TPSA) is 90.9 Å². The maximum absolute atomic E-state index is 12.2. The second kappa shape index (κ2) is 11.2. The molecule has 0 atom stereocenters. The van der Waals surface area contributed by atoms with Crippen molar-refractivity contribution >= 4 is 57.4 Å². The van der Waals surface area contributed by atoms with Gasteiger partial charge in [-0.25, -0.2) is 9.59 Å². The number of benzene rings is 1. The van der Waals surface area contributed by atoms with Crippen LogP contribution >= 0.6 is 34.5 Å². The summed E-state index contributed by atoms with van der Waals surface area (Å²) < 4.78 is 15.2. The fourth-order valence-corrected chi connectivity index (χ4v) is 3.76. The highest BCUT2D eigenvalue weighted by atomic mass is 35.5. The summed E-state index contributed by atoms with van der Waals surface area (Å²) in [5, 5.41) is 3.63. The van der Waals surface area contributed by atoms with Gasteiger partial charge in [-0.2, -0.15) is 0 Å². The fraction of sp³-hybridized carbons (Fsp3) is 0.350. The first-order chi connectivity index (χ1) is 14.2. The molecule has 0 bridgehead atoms. The number of esters is 2. The Kier molecular flexibility index (Phi) is 8.95. The Hall–Kier alpha value is -2.29. The molecule has 1 heterocycles. The summed E-state index contributed by atoms with van der Waals surface area (Å²) in [5.74, 6) is -1.43. The Morgan fingerprint density at radius 2 is 1.83 bits per heavy atom. The maximum Gasteiger partial charge on any atom is 0.344 e. The van der Waals surface area contributed by atoms with E-state index in [2.05, 4.69) is 5.32 Å². The highest BCUT2D eigenvalue weighted by Gasteiger charge is 2.21. The summed E-state index contributed by atoms with van der Waals surface area (Å²) in [6.07, 6.45) is 0. The molecule has 0 spiro atoms. The van der Waals surface area contributed by atoms with Crippen LogP contribution in [0.2, 0.25) is 10.0 Å². The van der Waals surface area contributed by atoms with E-state index in [4.69, 9.17) is 37.4 Å². The van der Waals surface area contributed by atoms with Gasteiger partial charge in [0, 0.05) is 9.90 Å². The van der Waals surface area contributed by atoms with E-state index in [1.54, 1.807) is 19.1 Å². The number of hydrogen-bond donors (Lipinski definition) is 1. The molecule has 2 aromatic rings. The summed E-state index contributed by atoms with van der Waals surface area (Å²) >= 11 is 13.0. The van der Waals surface area contributed by atoms with Crippen LogP contribution in [-0.4, -0.2) is 37.7 Å². The van der Waals surface area contributed by atoms with Crippen molar-refractivity contribution in [1.82, 2.24) is 0 Å². The lowest BCUT2D eigenvalue weighted by Gasteiger charge is -2.09. The molecule has 10 heteroatoms. The van der Waals surface area contributed by atoms with Gasteiger partial charge < -0.3 is 19.5 Å². The molecule has 0 aliphatic rings. The Labute approximate surface area is 188 Å². The fourth-order valence-electron chi connectivity index (χ4n) is 2.23. The molecule has 0 saturated heterocycles. The molecule has 0 saturated carbocycles. The van der Waals surface area contributed by atoms with E-state index < -0.39 is 31.1 Å². The first-order valence-electron chi connectivity index (χ1n) is 9.05. The molecule has 1 aromatic carbocycles. The van der Waals surface area contributed by atoms with Crippen molar-refractivity contribution in [3.05, 3.63) is 44.8 Å². The Balaban J connectivity index is 1.90. The smallest absolute Gasteiger partial charge is 0.344 e. The molecule has 1 amide bonds. The summed E-state index contributed by atoms with van der Waals surface area (Å²) in [5.41, 5.74) is 0.269. The number of carbonyl (C=O) groups excluding carboxylic acids is 3. The average Bonchev–Trinajstić information content (AvgIpc) is 3.10. The summed E-state index contributed by atoms with van der Waals surface area (Å²) in [4.78, 5) is 37.1. The van der Waals surface area contributed by atoms with Crippen molar-refractivity contribution in [3.8, 4) is 5.75 Å². The maximum atomic E-state index is 12.2. The normalized spacial score (nSPS) is 10.6. The number of halogens is 2. The second-order valence-electron chi connectivity index (χ2n) is 6.34. The van der Waals surface area contributed by atoms with E-state index in [0.717, 1.165) is 4.88 Å². The van der Waals surface area contributed by atoms with Crippen molar-refractivity contribution in [1.29, 1.82) is 0 Å². The van der Waals surface area contributed by atoms with Gasteiger partial charge in [0.15, 0.2) is 13.2 Å². The Morgan fingerprint density at radius 3 is 2.47 bits per heavy atom. The first-order valence-corrected chi connectivity index (χ1v) is 10.6. The SMILES string of the molecule is CCOC(=O)c1cc(C(C)C)sc1NC(=O)COC(=O)COc1ccc(Cl)cc1Cl. The number of thiophene rings is 1. The van der Waals surface area contributed by atoms with Gasteiger partial charge in [-0.1, -0.05) is 37.0 Å². The highest BCUT2D eigenvalue weighted by molar-refractivity contribution is 7.16. The van der Waals surface area contributed by atoms with Crippen molar-refractivity contribution in [2.75, 3.05) is 25.1 Å². The molecule has 2 rings (SSSR count). The summed E-state index contributed by atoms with van der Waals surface area (Å²) in [7, 11) is 0. The third-order valence-electron chi connectivity index (χ3n) is 3.67. The molecule has 0 radical (unpaired) electrons. The number of ether oxygens (including phenoxy) is 3.